The van der Waals surface area contributed by atoms with Gasteiger partial charge in [0.15, 0.2) is 6.10 Å². The van der Waals surface area contributed by atoms with E-state index in [9.17, 15) is 27.9 Å². The maximum absolute atomic E-state index is 12.7. The molecule has 0 saturated carbocycles. The molecular weight excluding hydrogens is 415 g/mol. The van der Waals surface area contributed by atoms with Crippen molar-refractivity contribution in [1.82, 2.24) is 5.32 Å². The van der Waals surface area contributed by atoms with E-state index >= 15 is 0 Å². The van der Waals surface area contributed by atoms with Crippen molar-refractivity contribution in [3.05, 3.63) is 35.4 Å². The number of aliphatic hydroxyl groups excluding tert-OH is 1. The predicted molar refractivity (Wildman–Crippen MR) is 110 cm³/mol. The molecule has 0 heterocycles. The van der Waals surface area contributed by atoms with Crippen molar-refractivity contribution in [2.75, 3.05) is 7.11 Å². The van der Waals surface area contributed by atoms with Crippen LogP contribution in [0.2, 0.25) is 18.1 Å². The lowest BCUT2D eigenvalue weighted by molar-refractivity contribution is -0.146. The number of methoxy groups -OCH3 is 1. The maximum Gasteiger partial charge on any atom is 0.416 e. The smallest absolute Gasteiger partial charge is 0.416 e. The van der Waals surface area contributed by atoms with Gasteiger partial charge in [0.25, 0.3) is 5.91 Å². The van der Waals surface area contributed by atoms with E-state index in [0.717, 1.165) is 31.4 Å². The normalized spacial score (nSPS) is 14.2. The van der Waals surface area contributed by atoms with Crippen molar-refractivity contribution in [2.24, 2.45) is 0 Å². The molecule has 5 nitrogen and oxygen atoms in total. The largest absolute Gasteiger partial charge is 0.467 e. The molecule has 2 N–H and O–H groups in total. The average molecular weight is 444 g/mol. The molecule has 0 aliphatic heterocycles. The molecule has 2 atom stereocenters. The van der Waals surface area contributed by atoms with Crippen molar-refractivity contribution in [1.29, 1.82) is 0 Å². The number of nitrogens with one attached hydrogen (secondary N) is 1. The molecule has 30 heavy (non-hydrogen) atoms. The molecule has 1 rings (SSSR count). The van der Waals surface area contributed by atoms with Crippen LogP contribution in [0, 0.1) is 11.5 Å². The van der Waals surface area contributed by atoms with E-state index in [1.54, 1.807) is 0 Å². The summed E-state index contributed by atoms with van der Waals surface area (Å²) in [6.45, 7) is 10.5. The van der Waals surface area contributed by atoms with Gasteiger partial charge in [0.05, 0.1) is 12.7 Å². The van der Waals surface area contributed by atoms with Crippen LogP contribution in [0.1, 0.15) is 44.4 Å². The number of ether oxygens (including phenoxy) is 1. The second-order valence-corrected chi connectivity index (χ2v) is 13.5. The van der Waals surface area contributed by atoms with Crippen LogP contribution in [0.5, 0.6) is 0 Å². The summed E-state index contributed by atoms with van der Waals surface area (Å²) in [5, 5.41) is 12.6. The lowest BCUT2D eigenvalue weighted by atomic mass is 10.1. The molecule has 0 fully saturated rings. The van der Waals surface area contributed by atoms with Crippen LogP contribution in [0.3, 0.4) is 0 Å². The molecule has 1 amide bonds. The van der Waals surface area contributed by atoms with Gasteiger partial charge in [-0.15, -0.1) is 11.5 Å². The van der Waals surface area contributed by atoms with Crippen LogP contribution >= 0.6 is 0 Å². The van der Waals surface area contributed by atoms with E-state index in [1.807, 2.05) is 0 Å². The highest BCUT2D eigenvalue weighted by Crippen LogP contribution is 2.35. The number of hydrogen-bond donors (Lipinski definition) is 2. The van der Waals surface area contributed by atoms with Crippen LogP contribution in [0.4, 0.5) is 13.2 Å². The molecule has 0 unspecified atom stereocenters. The van der Waals surface area contributed by atoms with Gasteiger partial charge < -0.3 is 15.2 Å². The molecule has 0 bridgehead atoms. The molecule has 0 saturated heterocycles. The zero-order valence-electron chi connectivity index (χ0n) is 18.0. The number of esters is 1. The summed E-state index contributed by atoms with van der Waals surface area (Å²) >= 11 is 0. The lowest BCUT2D eigenvalue weighted by Gasteiger charge is -2.31. The third kappa shape index (κ3) is 6.88. The number of rotatable bonds is 5. The van der Waals surface area contributed by atoms with Gasteiger partial charge in [-0.2, -0.15) is 13.2 Å². The molecule has 166 valence electrons. The van der Waals surface area contributed by atoms with Crippen molar-refractivity contribution < 1.29 is 32.6 Å². The van der Waals surface area contributed by atoms with Gasteiger partial charge in [0.1, 0.15) is 14.1 Å². The van der Waals surface area contributed by atoms with Crippen LogP contribution in [-0.4, -0.2) is 38.2 Å². The summed E-state index contributed by atoms with van der Waals surface area (Å²) in [5.74, 6) is 1.28. The second-order valence-electron chi connectivity index (χ2n) is 8.49. The molecule has 0 aliphatic carbocycles. The monoisotopic (exact) mass is 443 g/mol. The summed E-state index contributed by atoms with van der Waals surface area (Å²) in [6, 6.07) is 2.46. The van der Waals surface area contributed by atoms with E-state index in [2.05, 4.69) is 55.4 Å². The van der Waals surface area contributed by atoms with Gasteiger partial charge in [-0.25, -0.2) is 4.79 Å². The summed E-state index contributed by atoms with van der Waals surface area (Å²) in [4.78, 5) is 24.4. The fourth-order valence-corrected chi connectivity index (χ4v) is 3.07. The highest BCUT2D eigenvalue weighted by Gasteiger charge is 2.34. The zero-order chi connectivity index (χ0) is 23.3. The van der Waals surface area contributed by atoms with Crippen LogP contribution in [0.25, 0.3) is 0 Å². The third-order valence-corrected chi connectivity index (χ3v) is 9.74. The fraction of sp³-hybridized carbons (Fsp3) is 0.524. The molecule has 1 aromatic rings. The van der Waals surface area contributed by atoms with Crippen LogP contribution in [0.15, 0.2) is 24.3 Å². The molecular formula is C21H28F3NO4Si. The predicted octanol–water partition coefficient (Wildman–Crippen LogP) is 3.84. The van der Waals surface area contributed by atoms with Crippen molar-refractivity contribution in [2.45, 2.75) is 63.6 Å². The first-order valence-corrected chi connectivity index (χ1v) is 12.3. The number of benzene rings is 1. The minimum atomic E-state index is -4.52. The minimum absolute atomic E-state index is 0.00927. The number of aliphatic hydroxyl groups is 1. The summed E-state index contributed by atoms with van der Waals surface area (Å²) in [7, 11) is -0.757. The quantitative estimate of drug-likeness (QED) is 0.412. The summed E-state index contributed by atoms with van der Waals surface area (Å²) < 4.78 is 42.6. The van der Waals surface area contributed by atoms with Gasteiger partial charge in [-0.3, -0.25) is 4.79 Å². The highest BCUT2D eigenvalue weighted by atomic mass is 28.3. The zero-order valence-corrected chi connectivity index (χ0v) is 19.0. The molecule has 9 heteroatoms. The Morgan fingerprint density at radius 2 is 1.70 bits per heavy atom. The number of carbonyl (C=O) groups is 2. The summed E-state index contributed by atoms with van der Waals surface area (Å²) in [6.07, 6.45) is -6.28. The van der Waals surface area contributed by atoms with Crippen molar-refractivity contribution >= 4 is 20.0 Å². The third-order valence-electron chi connectivity index (χ3n) is 5.19. The van der Waals surface area contributed by atoms with Crippen molar-refractivity contribution in [3.8, 4) is 11.5 Å². The van der Waals surface area contributed by atoms with E-state index in [4.69, 9.17) is 0 Å². The number of alkyl halides is 3. The molecule has 0 aromatic heterocycles. The van der Waals surface area contributed by atoms with Crippen LogP contribution < -0.4 is 5.32 Å². The first kappa shape index (κ1) is 25.7. The SMILES string of the molecule is COC(=O)[C@H](CC#C[Si](C)(C)C(C)(C)C)NC(=O)[C@H](O)c1ccc(C(F)(F)F)cc1. The topological polar surface area (TPSA) is 75.6 Å². The maximum atomic E-state index is 12.7. The van der Waals surface area contributed by atoms with Gasteiger partial charge in [-0.05, 0) is 22.7 Å². The number of hydrogen-bond acceptors (Lipinski definition) is 4. The van der Waals surface area contributed by atoms with E-state index in [1.165, 1.54) is 0 Å². The Balaban J connectivity index is 2.93. The second kappa shape index (κ2) is 9.66. The van der Waals surface area contributed by atoms with Crippen molar-refractivity contribution in [3.63, 3.8) is 0 Å². The van der Waals surface area contributed by atoms with Gasteiger partial charge in [-0.1, -0.05) is 46.0 Å². The Morgan fingerprint density at radius 1 is 1.17 bits per heavy atom. The van der Waals surface area contributed by atoms with E-state index in [0.29, 0.717) is 0 Å². The summed E-state index contributed by atoms with van der Waals surface area (Å²) in [5.41, 5.74) is 2.30. The fourth-order valence-electron chi connectivity index (χ4n) is 2.15. The number of halogens is 3. The molecule has 0 radical (unpaired) electrons. The number of amides is 1. The Morgan fingerprint density at radius 3 is 2.13 bits per heavy atom. The molecule has 0 spiro atoms. The Hall–Kier alpha value is -2.31. The Labute approximate surface area is 176 Å². The highest BCUT2D eigenvalue weighted by molar-refractivity contribution is 6.87. The van der Waals surface area contributed by atoms with Gasteiger partial charge in [0.2, 0.25) is 0 Å². The van der Waals surface area contributed by atoms with Crippen LogP contribution in [-0.2, 0) is 20.5 Å². The Bertz CT molecular complexity index is 818. The van der Waals surface area contributed by atoms with Gasteiger partial charge >= 0.3 is 12.1 Å². The molecule has 0 aliphatic rings. The standard InChI is InChI=1S/C21H28F3NO4Si/c1-20(2,3)30(5,6)13-7-8-16(19(28)29-4)25-18(27)17(26)14-9-11-15(12-10-14)21(22,23)24/h9-12,16-17,26H,8H2,1-6H3,(H,25,27)/t16-,17+/m0/s1. The lowest BCUT2D eigenvalue weighted by Crippen LogP contribution is -2.43. The number of carbonyl (C=O) groups excluding carboxylic acids is 2. The first-order valence-electron chi connectivity index (χ1n) is 9.33. The van der Waals surface area contributed by atoms with Gasteiger partial charge in [0, 0.05) is 6.42 Å². The average Bonchev–Trinajstić information content (AvgIpc) is 2.64. The Kier molecular flexibility index (Phi) is 8.29. The first-order chi connectivity index (χ1) is 13.6. The van der Waals surface area contributed by atoms with E-state index < -0.39 is 43.8 Å². The van der Waals surface area contributed by atoms with E-state index in [-0.39, 0.29) is 17.0 Å². The molecule has 1 aromatic carbocycles. The minimum Gasteiger partial charge on any atom is -0.467 e.